The maximum absolute atomic E-state index is 13.0. The molecule has 0 aromatic heterocycles. The van der Waals surface area contributed by atoms with Crippen molar-refractivity contribution in [1.82, 2.24) is 9.21 Å². The van der Waals surface area contributed by atoms with Crippen molar-refractivity contribution in [3.8, 4) is 0 Å². The first-order chi connectivity index (χ1) is 18.7. The van der Waals surface area contributed by atoms with Gasteiger partial charge in [0.1, 0.15) is 0 Å². The molecule has 40 heavy (non-hydrogen) atoms. The zero-order chi connectivity index (χ0) is 29.9. The van der Waals surface area contributed by atoms with Gasteiger partial charge in [-0.2, -0.15) is 4.31 Å². The minimum atomic E-state index is -3.84. The molecule has 0 bridgehead atoms. The van der Waals surface area contributed by atoms with Crippen LogP contribution in [0.2, 0.25) is 0 Å². The van der Waals surface area contributed by atoms with Crippen LogP contribution in [0.4, 0.5) is 21.9 Å². The van der Waals surface area contributed by atoms with Crippen molar-refractivity contribution in [2.45, 2.75) is 33.6 Å². The Labute approximate surface area is 234 Å². The summed E-state index contributed by atoms with van der Waals surface area (Å²) >= 11 is 0. The molecule has 0 aliphatic heterocycles. The van der Waals surface area contributed by atoms with Crippen LogP contribution in [0.25, 0.3) is 0 Å². The lowest BCUT2D eigenvalue weighted by atomic mass is 10.1. The molecule has 12 nitrogen and oxygen atoms in total. The van der Waals surface area contributed by atoms with Gasteiger partial charge in [-0.25, -0.2) is 13.2 Å². The average molecular weight is 576 g/mol. The van der Waals surface area contributed by atoms with Crippen LogP contribution in [0.15, 0.2) is 48.5 Å². The summed E-state index contributed by atoms with van der Waals surface area (Å²) in [5.74, 6) is -2.07. The number of nitrogens with zero attached hydrogens (tertiary/aromatic N) is 2. The molecule has 2 rings (SSSR count). The number of hydrogen-bond acceptors (Lipinski definition) is 6. The van der Waals surface area contributed by atoms with E-state index in [1.165, 1.54) is 4.90 Å². The zero-order valence-corrected chi connectivity index (χ0v) is 24.0. The van der Waals surface area contributed by atoms with Gasteiger partial charge in [0.2, 0.25) is 21.8 Å². The third-order valence-electron chi connectivity index (χ3n) is 5.84. The van der Waals surface area contributed by atoms with Crippen molar-refractivity contribution in [3.63, 3.8) is 0 Å². The SMILES string of the molecule is Cc1ccccc1NC(=O)Nc1ccc(NC(=O)CN(CCC(C)C)C(=O)CN(CCC(=O)O)S(C)(=O)=O)cc1. The summed E-state index contributed by atoms with van der Waals surface area (Å²) in [4.78, 5) is 50.2. The Morgan fingerprint density at radius 3 is 2.02 bits per heavy atom. The van der Waals surface area contributed by atoms with Crippen LogP contribution >= 0.6 is 0 Å². The summed E-state index contributed by atoms with van der Waals surface area (Å²) in [5.41, 5.74) is 2.54. The lowest BCUT2D eigenvalue weighted by Gasteiger charge is -2.26. The van der Waals surface area contributed by atoms with E-state index < -0.39 is 46.8 Å². The summed E-state index contributed by atoms with van der Waals surface area (Å²) in [7, 11) is -3.84. The van der Waals surface area contributed by atoms with Crippen molar-refractivity contribution in [1.29, 1.82) is 0 Å². The molecule has 2 aromatic rings. The number of carbonyl (C=O) groups excluding carboxylic acids is 3. The number of carboxylic acids is 1. The van der Waals surface area contributed by atoms with Crippen LogP contribution in [-0.4, -0.2) is 79.0 Å². The fourth-order valence-corrected chi connectivity index (χ4v) is 4.32. The summed E-state index contributed by atoms with van der Waals surface area (Å²) in [6.07, 6.45) is 1.03. The van der Waals surface area contributed by atoms with Crippen molar-refractivity contribution in [3.05, 3.63) is 54.1 Å². The normalized spacial score (nSPS) is 11.2. The van der Waals surface area contributed by atoms with Crippen LogP contribution in [0, 0.1) is 12.8 Å². The second-order valence-corrected chi connectivity index (χ2v) is 11.7. The van der Waals surface area contributed by atoms with Gasteiger partial charge < -0.3 is 26.0 Å². The number of benzene rings is 2. The van der Waals surface area contributed by atoms with E-state index in [-0.39, 0.29) is 25.6 Å². The summed E-state index contributed by atoms with van der Waals surface area (Å²) < 4.78 is 25.0. The number of aliphatic carboxylic acids is 1. The minimum Gasteiger partial charge on any atom is -0.481 e. The highest BCUT2D eigenvalue weighted by Crippen LogP contribution is 2.16. The number of carboxylic acid groups (broad SMARTS) is 1. The Hall–Kier alpha value is -3.97. The summed E-state index contributed by atoms with van der Waals surface area (Å²) in [6, 6.07) is 13.4. The number of para-hydroxylation sites is 1. The molecule has 0 unspecified atom stereocenters. The highest BCUT2D eigenvalue weighted by Gasteiger charge is 2.25. The second-order valence-electron chi connectivity index (χ2n) is 9.76. The Bertz CT molecular complexity index is 1300. The third-order valence-corrected chi connectivity index (χ3v) is 7.09. The van der Waals surface area contributed by atoms with Crippen molar-refractivity contribution in [2.24, 2.45) is 5.92 Å². The number of amides is 4. The molecule has 4 N–H and O–H groups in total. The maximum Gasteiger partial charge on any atom is 0.323 e. The van der Waals surface area contributed by atoms with E-state index in [1.807, 2.05) is 39.0 Å². The smallest absolute Gasteiger partial charge is 0.323 e. The molecule has 218 valence electrons. The van der Waals surface area contributed by atoms with Gasteiger partial charge in [0, 0.05) is 30.2 Å². The molecule has 0 aliphatic rings. The minimum absolute atomic E-state index is 0.222. The quantitative estimate of drug-likeness (QED) is 0.269. The van der Waals surface area contributed by atoms with Gasteiger partial charge in [-0.15, -0.1) is 0 Å². The van der Waals surface area contributed by atoms with E-state index in [0.717, 1.165) is 16.1 Å². The summed E-state index contributed by atoms with van der Waals surface area (Å²) in [5, 5.41) is 17.1. The number of anilines is 3. The zero-order valence-electron chi connectivity index (χ0n) is 23.1. The van der Waals surface area contributed by atoms with Gasteiger partial charge in [-0.3, -0.25) is 14.4 Å². The third kappa shape index (κ3) is 11.4. The van der Waals surface area contributed by atoms with Crippen molar-refractivity contribution in [2.75, 3.05) is 48.4 Å². The van der Waals surface area contributed by atoms with Crippen molar-refractivity contribution >= 4 is 50.9 Å². The first-order valence-electron chi connectivity index (χ1n) is 12.7. The van der Waals surface area contributed by atoms with Crippen molar-refractivity contribution < 1.29 is 32.7 Å². The molecule has 0 heterocycles. The Balaban J connectivity index is 2.01. The molecular weight excluding hydrogens is 538 g/mol. The molecule has 0 spiro atoms. The second kappa shape index (κ2) is 15.0. The van der Waals surface area contributed by atoms with Crippen LogP contribution in [0.1, 0.15) is 32.3 Å². The Kier molecular flexibility index (Phi) is 12.1. The topological polar surface area (TPSA) is 165 Å². The highest BCUT2D eigenvalue weighted by molar-refractivity contribution is 7.88. The van der Waals surface area contributed by atoms with Crippen LogP contribution in [-0.2, 0) is 24.4 Å². The first-order valence-corrected chi connectivity index (χ1v) is 14.6. The Morgan fingerprint density at radius 1 is 0.875 bits per heavy atom. The van der Waals surface area contributed by atoms with Gasteiger partial charge in [0.15, 0.2) is 0 Å². The van der Waals surface area contributed by atoms with Crippen LogP contribution in [0.3, 0.4) is 0 Å². The van der Waals surface area contributed by atoms with Gasteiger partial charge in [0.05, 0.1) is 25.8 Å². The number of hydrogen-bond donors (Lipinski definition) is 4. The molecule has 0 saturated carbocycles. The lowest BCUT2D eigenvalue weighted by molar-refractivity contribution is -0.138. The largest absolute Gasteiger partial charge is 0.481 e. The Morgan fingerprint density at radius 2 is 1.48 bits per heavy atom. The number of sulfonamides is 1. The monoisotopic (exact) mass is 575 g/mol. The van der Waals surface area contributed by atoms with E-state index in [9.17, 15) is 27.6 Å². The predicted molar refractivity (Wildman–Crippen MR) is 154 cm³/mol. The highest BCUT2D eigenvalue weighted by atomic mass is 32.2. The molecule has 13 heteroatoms. The van der Waals surface area contributed by atoms with Gasteiger partial charge >= 0.3 is 12.0 Å². The van der Waals surface area contributed by atoms with Crippen LogP contribution in [0.5, 0.6) is 0 Å². The van der Waals surface area contributed by atoms with E-state index in [0.29, 0.717) is 23.5 Å². The van der Waals surface area contributed by atoms with E-state index in [2.05, 4.69) is 16.0 Å². The number of aryl methyl sites for hydroxylation is 1. The molecule has 0 atom stereocenters. The molecule has 0 fully saturated rings. The average Bonchev–Trinajstić information content (AvgIpc) is 2.85. The van der Waals surface area contributed by atoms with Crippen LogP contribution < -0.4 is 16.0 Å². The molecule has 0 saturated heterocycles. The number of urea groups is 1. The molecule has 2 aromatic carbocycles. The standard InChI is InChI=1S/C27H37N5O7S/c1-19(2)13-15-31(25(34)18-32(40(4,38)39)16-14-26(35)36)17-24(33)28-21-9-11-22(12-10-21)29-27(37)30-23-8-6-5-7-20(23)3/h5-12,19H,13-18H2,1-4H3,(H,28,33)(H,35,36)(H2,29,30,37). The van der Waals surface area contributed by atoms with Gasteiger partial charge in [-0.1, -0.05) is 32.0 Å². The van der Waals surface area contributed by atoms with Gasteiger partial charge in [0.25, 0.3) is 0 Å². The van der Waals surface area contributed by atoms with Gasteiger partial charge in [-0.05, 0) is 55.2 Å². The predicted octanol–water partition coefficient (Wildman–Crippen LogP) is 3.19. The lowest BCUT2D eigenvalue weighted by Crippen LogP contribution is -2.46. The number of rotatable bonds is 14. The molecule has 0 radical (unpaired) electrons. The fraction of sp³-hybridized carbons (Fsp3) is 0.407. The maximum atomic E-state index is 13.0. The van der Waals surface area contributed by atoms with E-state index in [4.69, 9.17) is 5.11 Å². The first kappa shape index (κ1) is 32.2. The summed E-state index contributed by atoms with van der Waals surface area (Å²) in [6.45, 7) is 4.77. The van der Waals surface area contributed by atoms with E-state index in [1.54, 1.807) is 30.3 Å². The fourth-order valence-electron chi connectivity index (χ4n) is 3.55. The number of nitrogens with one attached hydrogen (secondary N) is 3. The number of carbonyl (C=O) groups is 4. The molecule has 0 aliphatic carbocycles. The molecular formula is C27H37N5O7S. The molecule has 4 amide bonds. The van der Waals surface area contributed by atoms with E-state index >= 15 is 0 Å².